The second kappa shape index (κ2) is 7.09. The molecule has 0 bridgehead atoms. The highest BCUT2D eigenvalue weighted by Crippen LogP contribution is 2.15. The largest absolute Gasteiger partial charge is 0.392 e. The number of rotatable bonds is 5. The van der Waals surface area contributed by atoms with Crippen molar-refractivity contribution in [1.82, 2.24) is 5.32 Å². The van der Waals surface area contributed by atoms with Gasteiger partial charge in [-0.1, -0.05) is 24.3 Å². The van der Waals surface area contributed by atoms with E-state index in [0.29, 0.717) is 12.5 Å². The van der Waals surface area contributed by atoms with Crippen LogP contribution in [0.4, 0.5) is 13.2 Å². The van der Waals surface area contributed by atoms with Crippen LogP contribution in [0.2, 0.25) is 0 Å². The summed E-state index contributed by atoms with van der Waals surface area (Å²) in [7, 11) is 0. The van der Waals surface area contributed by atoms with Crippen LogP contribution in [0.15, 0.2) is 36.4 Å². The van der Waals surface area contributed by atoms with E-state index in [1.54, 1.807) is 24.3 Å². The molecule has 116 valence electrons. The molecule has 3 nitrogen and oxygen atoms in total. The van der Waals surface area contributed by atoms with Crippen molar-refractivity contribution in [2.45, 2.75) is 13.0 Å². The SMILES string of the molecule is O=C(NCCc1ccc(CO)cc1)c1ccc(F)c(F)c1F. The highest BCUT2D eigenvalue weighted by Gasteiger charge is 2.18. The molecule has 2 aromatic carbocycles. The maximum Gasteiger partial charge on any atom is 0.254 e. The van der Waals surface area contributed by atoms with E-state index in [0.717, 1.165) is 17.2 Å². The third kappa shape index (κ3) is 3.65. The predicted molar refractivity (Wildman–Crippen MR) is 74.7 cm³/mol. The molecule has 2 rings (SSSR count). The number of carbonyl (C=O) groups is 1. The van der Waals surface area contributed by atoms with E-state index in [9.17, 15) is 18.0 Å². The minimum Gasteiger partial charge on any atom is -0.392 e. The van der Waals surface area contributed by atoms with Gasteiger partial charge in [0.15, 0.2) is 17.5 Å². The molecule has 0 heterocycles. The summed E-state index contributed by atoms with van der Waals surface area (Å²) >= 11 is 0. The van der Waals surface area contributed by atoms with Crippen molar-refractivity contribution >= 4 is 5.91 Å². The Morgan fingerprint density at radius 1 is 0.955 bits per heavy atom. The van der Waals surface area contributed by atoms with Gasteiger partial charge in [-0.05, 0) is 29.7 Å². The van der Waals surface area contributed by atoms with Crippen molar-refractivity contribution in [3.05, 3.63) is 70.5 Å². The molecule has 6 heteroatoms. The Kier molecular flexibility index (Phi) is 5.16. The standard InChI is InChI=1S/C16H14F3NO2/c17-13-6-5-12(14(18)15(13)19)16(22)20-8-7-10-1-3-11(9-21)4-2-10/h1-6,21H,7-9H2,(H,20,22). The molecule has 0 aliphatic carbocycles. The lowest BCUT2D eigenvalue weighted by Crippen LogP contribution is -2.27. The number of carbonyl (C=O) groups excluding carboxylic acids is 1. The van der Waals surface area contributed by atoms with E-state index in [-0.39, 0.29) is 13.2 Å². The summed E-state index contributed by atoms with van der Waals surface area (Å²) in [5.74, 6) is -5.29. The molecule has 0 aliphatic rings. The lowest BCUT2D eigenvalue weighted by molar-refractivity contribution is 0.0949. The molecule has 0 saturated heterocycles. The molecule has 0 spiro atoms. The fourth-order valence-corrected chi connectivity index (χ4v) is 1.93. The molecule has 0 aromatic heterocycles. The van der Waals surface area contributed by atoms with Crippen molar-refractivity contribution in [1.29, 1.82) is 0 Å². The number of amides is 1. The molecule has 0 saturated carbocycles. The smallest absolute Gasteiger partial charge is 0.254 e. The first-order valence-electron chi connectivity index (χ1n) is 6.63. The Bertz CT molecular complexity index is 672. The van der Waals surface area contributed by atoms with Crippen molar-refractivity contribution in [2.75, 3.05) is 6.54 Å². The Morgan fingerprint density at radius 2 is 1.59 bits per heavy atom. The quantitative estimate of drug-likeness (QED) is 0.834. The molecular formula is C16H14F3NO2. The first-order chi connectivity index (χ1) is 10.5. The van der Waals surface area contributed by atoms with Gasteiger partial charge in [0.25, 0.3) is 5.91 Å². The summed E-state index contributed by atoms with van der Waals surface area (Å²) in [6.45, 7) is 0.169. The maximum absolute atomic E-state index is 13.4. The lowest BCUT2D eigenvalue weighted by Gasteiger charge is -2.07. The number of halogens is 3. The zero-order valence-corrected chi connectivity index (χ0v) is 11.6. The monoisotopic (exact) mass is 309 g/mol. The van der Waals surface area contributed by atoms with Crippen LogP contribution in [0.3, 0.4) is 0 Å². The van der Waals surface area contributed by atoms with Crippen molar-refractivity contribution < 1.29 is 23.1 Å². The van der Waals surface area contributed by atoms with E-state index in [1.165, 1.54) is 0 Å². The Morgan fingerprint density at radius 3 is 2.23 bits per heavy atom. The lowest BCUT2D eigenvalue weighted by atomic mass is 10.1. The zero-order chi connectivity index (χ0) is 16.1. The molecule has 0 fully saturated rings. The molecule has 0 aliphatic heterocycles. The van der Waals surface area contributed by atoms with Crippen LogP contribution < -0.4 is 5.32 Å². The van der Waals surface area contributed by atoms with Crippen molar-refractivity contribution in [3.8, 4) is 0 Å². The van der Waals surface area contributed by atoms with Gasteiger partial charge < -0.3 is 10.4 Å². The van der Waals surface area contributed by atoms with Gasteiger partial charge in [-0.25, -0.2) is 13.2 Å². The predicted octanol–water partition coefficient (Wildman–Crippen LogP) is 2.57. The second-order valence-electron chi connectivity index (χ2n) is 4.70. The first-order valence-corrected chi connectivity index (χ1v) is 6.63. The van der Waals surface area contributed by atoms with Gasteiger partial charge in [0.1, 0.15) is 0 Å². The molecule has 0 atom stereocenters. The minimum atomic E-state index is -1.66. The van der Waals surface area contributed by atoms with Gasteiger partial charge in [0.2, 0.25) is 0 Å². The number of aliphatic hydroxyl groups is 1. The van der Waals surface area contributed by atoms with Gasteiger partial charge in [-0.15, -0.1) is 0 Å². The number of benzene rings is 2. The summed E-state index contributed by atoms with van der Waals surface area (Å²) in [4.78, 5) is 11.7. The Balaban J connectivity index is 1.94. The van der Waals surface area contributed by atoms with Crippen LogP contribution >= 0.6 is 0 Å². The molecule has 1 amide bonds. The van der Waals surface area contributed by atoms with Gasteiger partial charge >= 0.3 is 0 Å². The Hall–Kier alpha value is -2.34. The molecule has 0 unspecified atom stereocenters. The third-order valence-electron chi connectivity index (χ3n) is 3.18. The number of hydrogen-bond donors (Lipinski definition) is 2. The summed E-state index contributed by atoms with van der Waals surface area (Å²) in [5, 5.41) is 11.4. The minimum absolute atomic E-state index is 0.0492. The van der Waals surface area contributed by atoms with Crippen LogP contribution in [-0.4, -0.2) is 17.6 Å². The van der Waals surface area contributed by atoms with E-state index in [4.69, 9.17) is 5.11 Å². The average molecular weight is 309 g/mol. The Labute approximate surface area is 125 Å². The van der Waals surface area contributed by atoms with Crippen LogP contribution in [-0.2, 0) is 13.0 Å². The summed E-state index contributed by atoms with van der Waals surface area (Å²) in [6.07, 6.45) is 0.489. The van der Waals surface area contributed by atoms with Crippen molar-refractivity contribution in [3.63, 3.8) is 0 Å². The van der Waals surface area contributed by atoms with Gasteiger partial charge in [-0.3, -0.25) is 4.79 Å². The van der Waals surface area contributed by atoms with Crippen molar-refractivity contribution in [2.24, 2.45) is 0 Å². The fraction of sp³-hybridized carbons (Fsp3) is 0.188. The first kappa shape index (κ1) is 16.0. The number of aliphatic hydroxyl groups excluding tert-OH is 1. The number of hydrogen-bond acceptors (Lipinski definition) is 2. The highest BCUT2D eigenvalue weighted by atomic mass is 19.2. The average Bonchev–Trinajstić information content (AvgIpc) is 2.53. The topological polar surface area (TPSA) is 49.3 Å². The van der Waals surface area contributed by atoms with E-state index in [2.05, 4.69) is 5.32 Å². The van der Waals surface area contributed by atoms with E-state index >= 15 is 0 Å². The molecule has 2 N–H and O–H groups in total. The summed E-state index contributed by atoms with van der Waals surface area (Å²) < 4.78 is 39.3. The molecule has 0 radical (unpaired) electrons. The molecule has 22 heavy (non-hydrogen) atoms. The van der Waals surface area contributed by atoms with Gasteiger partial charge in [0, 0.05) is 6.54 Å². The number of nitrogens with one attached hydrogen (secondary N) is 1. The fourth-order valence-electron chi connectivity index (χ4n) is 1.93. The highest BCUT2D eigenvalue weighted by molar-refractivity contribution is 5.94. The normalized spacial score (nSPS) is 10.5. The van der Waals surface area contributed by atoms with E-state index in [1.807, 2.05) is 0 Å². The zero-order valence-electron chi connectivity index (χ0n) is 11.6. The summed E-state index contributed by atoms with van der Waals surface area (Å²) in [5.41, 5.74) is 1.16. The molecular weight excluding hydrogens is 295 g/mol. The van der Waals surface area contributed by atoms with Crippen LogP contribution in [0.5, 0.6) is 0 Å². The van der Waals surface area contributed by atoms with Crippen LogP contribution in [0, 0.1) is 17.5 Å². The van der Waals surface area contributed by atoms with Gasteiger partial charge in [0.05, 0.1) is 12.2 Å². The van der Waals surface area contributed by atoms with Crippen LogP contribution in [0.1, 0.15) is 21.5 Å². The maximum atomic E-state index is 13.4. The molecule has 2 aromatic rings. The van der Waals surface area contributed by atoms with E-state index < -0.39 is 28.9 Å². The summed E-state index contributed by atoms with van der Waals surface area (Å²) in [6, 6.07) is 8.73. The van der Waals surface area contributed by atoms with Gasteiger partial charge in [-0.2, -0.15) is 0 Å². The third-order valence-corrected chi connectivity index (χ3v) is 3.18. The second-order valence-corrected chi connectivity index (χ2v) is 4.70. The van der Waals surface area contributed by atoms with Crippen LogP contribution in [0.25, 0.3) is 0 Å².